The predicted octanol–water partition coefficient (Wildman–Crippen LogP) is 9.80. The Kier molecular flexibility index (Phi) is 31.6. The maximum Gasteiger partial charge on any atom is 0.306 e. The summed E-state index contributed by atoms with van der Waals surface area (Å²) >= 11 is 0. The predicted molar refractivity (Wildman–Crippen MR) is 199 cm³/mol. The lowest BCUT2D eigenvalue weighted by atomic mass is 10.1. The Morgan fingerprint density at radius 3 is 1.81 bits per heavy atom. The number of likely N-dealkylation sites (N-methyl/N-ethyl adjacent to an activating group) is 1. The van der Waals surface area contributed by atoms with Crippen molar-refractivity contribution >= 4 is 13.8 Å². The Bertz CT molecular complexity index is 911. The summed E-state index contributed by atoms with van der Waals surface area (Å²) in [5.41, 5.74) is 0. The second-order valence-electron chi connectivity index (χ2n) is 13.6. The molecule has 0 amide bonds. The zero-order chi connectivity index (χ0) is 35.6. The molecule has 0 aromatic rings. The highest BCUT2D eigenvalue weighted by atomic mass is 31.2. The fourth-order valence-corrected chi connectivity index (χ4v) is 5.44. The van der Waals surface area contributed by atoms with Crippen LogP contribution in [0.4, 0.5) is 0 Å². The van der Waals surface area contributed by atoms with Crippen molar-refractivity contribution in [2.24, 2.45) is 0 Å². The van der Waals surface area contributed by atoms with Crippen LogP contribution in [-0.4, -0.2) is 70.7 Å². The Morgan fingerprint density at radius 1 is 0.667 bits per heavy atom. The van der Waals surface area contributed by atoms with E-state index in [1.807, 2.05) is 21.1 Å². The van der Waals surface area contributed by atoms with Crippen LogP contribution in [-0.2, 0) is 27.9 Å². The minimum Gasteiger partial charge on any atom is -0.756 e. The molecule has 0 bridgehead atoms. The molecule has 0 fully saturated rings. The zero-order valence-corrected chi connectivity index (χ0v) is 32.3. The van der Waals surface area contributed by atoms with Crippen molar-refractivity contribution in [1.29, 1.82) is 0 Å². The molecule has 0 aliphatic heterocycles. The van der Waals surface area contributed by atoms with E-state index in [9.17, 15) is 14.3 Å². The van der Waals surface area contributed by atoms with E-state index in [0.717, 1.165) is 70.6 Å². The summed E-state index contributed by atoms with van der Waals surface area (Å²) in [7, 11) is 1.34. The Hall–Kier alpha value is -1.54. The van der Waals surface area contributed by atoms with Gasteiger partial charge in [0.05, 0.1) is 34.4 Å². The van der Waals surface area contributed by atoms with Crippen LogP contribution in [0.3, 0.4) is 0 Å². The van der Waals surface area contributed by atoms with Gasteiger partial charge < -0.3 is 27.9 Å². The van der Waals surface area contributed by atoms with E-state index >= 15 is 0 Å². The second kappa shape index (κ2) is 32.7. The number of rotatable bonds is 34. The molecule has 0 radical (unpaired) electrons. The molecule has 0 N–H and O–H groups in total. The maximum absolute atomic E-state index is 12.4. The quantitative estimate of drug-likeness (QED) is 0.0217. The molecule has 280 valence electrons. The minimum atomic E-state index is -4.51. The number of unbranched alkanes of at least 4 members (excludes halogenated alkanes) is 12. The summed E-state index contributed by atoms with van der Waals surface area (Å²) in [6.45, 7) is 5.19. The van der Waals surface area contributed by atoms with E-state index in [0.29, 0.717) is 24.1 Å². The second-order valence-corrected chi connectivity index (χ2v) is 15.0. The van der Waals surface area contributed by atoms with E-state index in [4.69, 9.17) is 18.5 Å². The fraction of sp³-hybridized carbons (Fsp3) is 0.769. The van der Waals surface area contributed by atoms with Gasteiger partial charge >= 0.3 is 5.97 Å². The molecule has 8 nitrogen and oxygen atoms in total. The molecule has 0 aliphatic carbocycles. The van der Waals surface area contributed by atoms with Gasteiger partial charge in [0.25, 0.3) is 7.82 Å². The van der Waals surface area contributed by atoms with Gasteiger partial charge in [0.1, 0.15) is 19.3 Å². The lowest BCUT2D eigenvalue weighted by Gasteiger charge is -2.28. The Labute approximate surface area is 295 Å². The van der Waals surface area contributed by atoms with Gasteiger partial charge in [-0.15, -0.1) is 0 Å². The first-order valence-corrected chi connectivity index (χ1v) is 20.3. The lowest BCUT2D eigenvalue weighted by Crippen LogP contribution is -2.37. The number of allylic oxidation sites excluding steroid dienone is 8. The number of nitrogens with zero attached hydrogens (tertiary/aromatic N) is 1. The van der Waals surface area contributed by atoms with Crippen LogP contribution in [0, 0.1) is 0 Å². The number of phosphoric ester groups is 1. The average Bonchev–Trinajstić information content (AvgIpc) is 3.03. The molecule has 0 heterocycles. The van der Waals surface area contributed by atoms with Crippen molar-refractivity contribution in [1.82, 2.24) is 0 Å². The Balaban J connectivity index is 4.15. The van der Waals surface area contributed by atoms with Gasteiger partial charge in [0.15, 0.2) is 0 Å². The van der Waals surface area contributed by atoms with Crippen molar-refractivity contribution in [2.45, 2.75) is 142 Å². The van der Waals surface area contributed by atoms with Gasteiger partial charge in [-0.3, -0.25) is 9.36 Å². The summed E-state index contributed by atoms with van der Waals surface area (Å²) in [5.74, 6) is -0.351. The number of ether oxygens (including phenoxy) is 2. The van der Waals surface area contributed by atoms with Crippen molar-refractivity contribution < 1.29 is 37.3 Å². The molecule has 0 aliphatic rings. The molecular weight excluding hydrogens is 625 g/mol. The standard InChI is InChI=1S/C39H72NO7P/c1-6-8-10-12-14-15-16-17-18-19-20-21-22-23-24-25-26-27-29-31-34-44-36-38(47-39(41)32-30-28-13-11-9-7-2)37-46-48(42,43)45-35-33-40(3,4)5/h8,10,14-15,17-18,20-21,38H,6-7,9,11-13,16,19,22-37H2,1-5H3/b10-8-,15-14-,18-17-,21-20-. The smallest absolute Gasteiger partial charge is 0.306 e. The van der Waals surface area contributed by atoms with Crippen LogP contribution in [0.15, 0.2) is 48.6 Å². The van der Waals surface area contributed by atoms with Crippen LogP contribution < -0.4 is 4.89 Å². The number of hydrogen-bond donors (Lipinski definition) is 0. The highest BCUT2D eigenvalue weighted by molar-refractivity contribution is 7.45. The van der Waals surface area contributed by atoms with Gasteiger partial charge in [-0.05, 0) is 51.4 Å². The number of phosphoric acid groups is 1. The van der Waals surface area contributed by atoms with Crippen LogP contribution >= 0.6 is 7.82 Å². The number of carbonyl (C=O) groups is 1. The van der Waals surface area contributed by atoms with Crippen molar-refractivity contribution in [3.8, 4) is 0 Å². The third kappa shape index (κ3) is 35.8. The summed E-state index contributed by atoms with van der Waals surface area (Å²) in [6.07, 6.45) is 37.2. The van der Waals surface area contributed by atoms with E-state index in [1.54, 1.807) is 0 Å². The Morgan fingerprint density at radius 2 is 1.21 bits per heavy atom. The highest BCUT2D eigenvalue weighted by Gasteiger charge is 2.20. The zero-order valence-electron chi connectivity index (χ0n) is 31.4. The van der Waals surface area contributed by atoms with Gasteiger partial charge in [-0.25, -0.2) is 0 Å². The maximum atomic E-state index is 12.4. The summed E-state index contributed by atoms with van der Waals surface area (Å²) in [6, 6.07) is 0. The normalized spacial score (nSPS) is 14.5. The van der Waals surface area contributed by atoms with Gasteiger partial charge in [0.2, 0.25) is 0 Å². The molecule has 9 heteroatoms. The minimum absolute atomic E-state index is 0.0224. The van der Waals surface area contributed by atoms with E-state index in [-0.39, 0.29) is 25.8 Å². The first-order chi connectivity index (χ1) is 23.1. The van der Waals surface area contributed by atoms with Crippen molar-refractivity contribution in [3.63, 3.8) is 0 Å². The first-order valence-electron chi connectivity index (χ1n) is 18.9. The van der Waals surface area contributed by atoms with Crippen LogP contribution in [0.5, 0.6) is 0 Å². The van der Waals surface area contributed by atoms with Crippen LogP contribution in [0.25, 0.3) is 0 Å². The number of quaternary nitrogens is 1. The lowest BCUT2D eigenvalue weighted by molar-refractivity contribution is -0.870. The third-order valence-electron chi connectivity index (χ3n) is 7.64. The average molecular weight is 698 g/mol. The molecule has 48 heavy (non-hydrogen) atoms. The van der Waals surface area contributed by atoms with Crippen molar-refractivity contribution in [3.05, 3.63) is 48.6 Å². The number of carbonyl (C=O) groups excluding carboxylic acids is 1. The summed E-state index contributed by atoms with van der Waals surface area (Å²) in [5, 5.41) is 0. The number of esters is 1. The van der Waals surface area contributed by atoms with Crippen LogP contribution in [0.2, 0.25) is 0 Å². The number of hydrogen-bond acceptors (Lipinski definition) is 7. The third-order valence-corrected chi connectivity index (χ3v) is 8.61. The first kappa shape index (κ1) is 46.5. The summed E-state index contributed by atoms with van der Waals surface area (Å²) < 4.78 is 34.3. The molecule has 2 atom stereocenters. The van der Waals surface area contributed by atoms with Gasteiger partial charge in [-0.2, -0.15) is 0 Å². The largest absolute Gasteiger partial charge is 0.756 e. The molecule has 0 rings (SSSR count). The van der Waals surface area contributed by atoms with Gasteiger partial charge in [-0.1, -0.05) is 127 Å². The van der Waals surface area contributed by atoms with E-state index < -0.39 is 13.9 Å². The fourth-order valence-electron chi connectivity index (χ4n) is 4.71. The molecular formula is C39H72NO7P. The molecule has 0 saturated heterocycles. The van der Waals surface area contributed by atoms with Gasteiger partial charge in [0, 0.05) is 13.0 Å². The topological polar surface area (TPSA) is 94.1 Å². The molecule has 0 aromatic heterocycles. The highest BCUT2D eigenvalue weighted by Crippen LogP contribution is 2.38. The van der Waals surface area contributed by atoms with Crippen molar-refractivity contribution in [2.75, 3.05) is 54.1 Å². The SMILES string of the molecule is CC/C=C\C/C=C\C/C=C\C/C=C\CCCCCCCCCOCC(COP(=O)([O-])OCC[N+](C)(C)C)OC(=O)CCCCCCCC. The van der Waals surface area contributed by atoms with E-state index in [2.05, 4.69) is 62.5 Å². The molecule has 0 aromatic carbocycles. The van der Waals surface area contributed by atoms with E-state index in [1.165, 1.54) is 44.9 Å². The molecule has 0 spiro atoms. The monoisotopic (exact) mass is 698 g/mol. The molecule has 0 saturated carbocycles. The summed E-state index contributed by atoms with van der Waals surface area (Å²) in [4.78, 5) is 24.7. The molecule has 2 unspecified atom stereocenters. The van der Waals surface area contributed by atoms with Crippen LogP contribution in [0.1, 0.15) is 136 Å².